The molecule has 3 amide bonds. The Bertz CT molecular complexity index is 1430. The Labute approximate surface area is 240 Å². The molecule has 4 N–H and O–H groups in total. The molecule has 3 heterocycles. The monoisotopic (exact) mass is 564 g/mol. The van der Waals surface area contributed by atoms with Crippen molar-refractivity contribution < 1.29 is 14.4 Å². The fourth-order valence-corrected chi connectivity index (χ4v) is 5.62. The summed E-state index contributed by atoms with van der Waals surface area (Å²) in [5.74, 6) is -0.721. The van der Waals surface area contributed by atoms with Crippen LogP contribution in [0.1, 0.15) is 38.3 Å². The molecule has 212 valence electrons. The minimum atomic E-state index is -1.15. The summed E-state index contributed by atoms with van der Waals surface area (Å²) < 4.78 is 0. The number of hydrogen-bond donors (Lipinski definition) is 3. The van der Waals surface area contributed by atoms with Crippen molar-refractivity contribution in [3.8, 4) is 0 Å². The number of nitrogens with two attached hydrogens (primary N) is 1. The standard InChI is InChI=1S/C30H36N6O3.ClH/c1-4-36-28(39)30(17-20-10-6-5-7-11-20)19-35(15-14-25(30)34-36)26(37)24(33-27(38)29(2,3)31)16-21-18-32-23-13-9-8-12-22(21)23;/h5-13,18,24,32H,4,14-17,19,31H2,1-3H3,(H,33,38);1H. The van der Waals surface area contributed by atoms with Crippen LogP contribution in [0.2, 0.25) is 0 Å². The number of amides is 3. The molecule has 2 aromatic carbocycles. The topological polar surface area (TPSA) is 124 Å². The van der Waals surface area contributed by atoms with Crippen molar-refractivity contribution in [1.29, 1.82) is 0 Å². The summed E-state index contributed by atoms with van der Waals surface area (Å²) in [5, 5.41) is 10.1. The maximum absolute atomic E-state index is 14.2. The molecular formula is C30H37ClN6O3. The lowest BCUT2D eigenvalue weighted by atomic mass is 9.73. The Morgan fingerprint density at radius 2 is 1.85 bits per heavy atom. The summed E-state index contributed by atoms with van der Waals surface area (Å²) in [4.78, 5) is 45.8. The number of hydrogen-bond acceptors (Lipinski definition) is 5. The first-order valence-corrected chi connectivity index (χ1v) is 13.5. The van der Waals surface area contributed by atoms with Gasteiger partial charge in [-0.2, -0.15) is 5.10 Å². The number of piperidine rings is 1. The molecule has 0 aliphatic carbocycles. The molecule has 0 bridgehead atoms. The first-order valence-electron chi connectivity index (χ1n) is 13.5. The van der Waals surface area contributed by atoms with Crippen LogP contribution in [-0.4, -0.2) is 69.5 Å². The van der Waals surface area contributed by atoms with Crippen molar-refractivity contribution in [1.82, 2.24) is 20.2 Å². The predicted octanol–water partition coefficient (Wildman–Crippen LogP) is 3.03. The number of aromatic amines is 1. The number of aromatic nitrogens is 1. The average molecular weight is 565 g/mol. The second-order valence-corrected chi connectivity index (χ2v) is 11.1. The second-order valence-electron chi connectivity index (χ2n) is 11.1. The maximum Gasteiger partial charge on any atom is 0.256 e. The fourth-order valence-electron chi connectivity index (χ4n) is 5.62. The lowest BCUT2D eigenvalue weighted by Crippen LogP contribution is -2.61. The molecule has 1 saturated heterocycles. The molecule has 2 aliphatic rings. The number of hydrazone groups is 1. The van der Waals surface area contributed by atoms with Gasteiger partial charge in [0, 0.05) is 49.6 Å². The zero-order valence-electron chi connectivity index (χ0n) is 23.1. The van der Waals surface area contributed by atoms with Crippen LogP contribution in [0.5, 0.6) is 0 Å². The van der Waals surface area contributed by atoms with Crippen molar-refractivity contribution in [2.45, 2.75) is 51.6 Å². The smallest absolute Gasteiger partial charge is 0.256 e. The Morgan fingerprint density at radius 3 is 2.55 bits per heavy atom. The zero-order valence-corrected chi connectivity index (χ0v) is 24.0. The molecule has 40 heavy (non-hydrogen) atoms. The molecule has 3 aromatic rings. The van der Waals surface area contributed by atoms with E-state index in [1.54, 1.807) is 18.7 Å². The third-order valence-electron chi connectivity index (χ3n) is 7.76. The van der Waals surface area contributed by atoms with Crippen LogP contribution in [-0.2, 0) is 27.2 Å². The van der Waals surface area contributed by atoms with Gasteiger partial charge in [0.2, 0.25) is 11.8 Å². The van der Waals surface area contributed by atoms with Gasteiger partial charge >= 0.3 is 0 Å². The van der Waals surface area contributed by atoms with Crippen molar-refractivity contribution in [2.75, 3.05) is 19.6 Å². The highest BCUT2D eigenvalue weighted by Gasteiger charge is 2.54. The summed E-state index contributed by atoms with van der Waals surface area (Å²) in [7, 11) is 0. The molecule has 10 heteroatoms. The van der Waals surface area contributed by atoms with Crippen LogP contribution in [0.15, 0.2) is 65.9 Å². The van der Waals surface area contributed by atoms with Gasteiger partial charge in [0.05, 0.1) is 11.3 Å². The van der Waals surface area contributed by atoms with E-state index in [1.165, 1.54) is 5.01 Å². The van der Waals surface area contributed by atoms with E-state index in [2.05, 4.69) is 15.4 Å². The Hall–Kier alpha value is -3.69. The van der Waals surface area contributed by atoms with Crippen molar-refractivity contribution in [3.63, 3.8) is 0 Å². The number of halogens is 1. The molecule has 2 atom stereocenters. The molecule has 2 unspecified atom stereocenters. The van der Waals surface area contributed by atoms with Gasteiger partial charge in [0.25, 0.3) is 5.91 Å². The Balaban J connectivity index is 0.00000370. The first-order chi connectivity index (χ1) is 18.6. The van der Waals surface area contributed by atoms with E-state index < -0.39 is 22.9 Å². The van der Waals surface area contributed by atoms with E-state index in [4.69, 9.17) is 5.73 Å². The molecule has 2 aliphatic heterocycles. The van der Waals surface area contributed by atoms with Crippen LogP contribution < -0.4 is 11.1 Å². The van der Waals surface area contributed by atoms with Crippen molar-refractivity contribution in [3.05, 3.63) is 71.9 Å². The van der Waals surface area contributed by atoms with Crippen LogP contribution in [0, 0.1) is 5.41 Å². The highest BCUT2D eigenvalue weighted by molar-refractivity contribution is 6.14. The molecule has 5 rings (SSSR count). The lowest BCUT2D eigenvalue weighted by Gasteiger charge is -2.41. The van der Waals surface area contributed by atoms with Gasteiger partial charge in [-0.1, -0.05) is 48.5 Å². The largest absolute Gasteiger partial charge is 0.361 e. The number of para-hydroxylation sites is 1. The number of carbonyl (C=O) groups is 3. The Morgan fingerprint density at radius 1 is 1.15 bits per heavy atom. The third-order valence-corrected chi connectivity index (χ3v) is 7.76. The van der Waals surface area contributed by atoms with Gasteiger partial charge in [-0.15, -0.1) is 12.4 Å². The van der Waals surface area contributed by atoms with Gasteiger partial charge in [0.1, 0.15) is 11.5 Å². The molecule has 0 spiro atoms. The van der Waals surface area contributed by atoms with E-state index in [0.29, 0.717) is 32.4 Å². The molecule has 0 saturated carbocycles. The van der Waals surface area contributed by atoms with Crippen LogP contribution >= 0.6 is 12.4 Å². The molecular weight excluding hydrogens is 528 g/mol. The van der Waals surface area contributed by atoms with E-state index in [0.717, 1.165) is 27.7 Å². The number of nitrogens with zero attached hydrogens (tertiary/aromatic N) is 3. The molecule has 0 radical (unpaired) electrons. The highest BCUT2D eigenvalue weighted by Crippen LogP contribution is 2.39. The van der Waals surface area contributed by atoms with Gasteiger partial charge in [-0.05, 0) is 44.4 Å². The number of benzene rings is 2. The molecule has 1 aromatic heterocycles. The quantitative estimate of drug-likeness (QED) is 0.389. The van der Waals surface area contributed by atoms with E-state index in [1.807, 2.05) is 67.7 Å². The average Bonchev–Trinajstić information content (AvgIpc) is 3.45. The maximum atomic E-state index is 14.2. The van der Waals surface area contributed by atoms with Crippen LogP contribution in [0.3, 0.4) is 0 Å². The minimum absolute atomic E-state index is 0. The van der Waals surface area contributed by atoms with Crippen LogP contribution in [0.25, 0.3) is 10.9 Å². The number of carbonyl (C=O) groups excluding carboxylic acids is 3. The van der Waals surface area contributed by atoms with E-state index in [9.17, 15) is 14.4 Å². The lowest BCUT2D eigenvalue weighted by molar-refractivity contribution is -0.143. The normalized spacial score (nSPS) is 19.6. The predicted molar refractivity (Wildman–Crippen MR) is 158 cm³/mol. The number of H-pyrrole nitrogens is 1. The second kappa shape index (κ2) is 11.4. The van der Waals surface area contributed by atoms with E-state index >= 15 is 0 Å². The molecule has 1 fully saturated rings. The van der Waals surface area contributed by atoms with E-state index in [-0.39, 0.29) is 30.8 Å². The summed E-state index contributed by atoms with van der Waals surface area (Å²) in [6, 6.07) is 16.9. The Kier molecular flexibility index (Phi) is 8.37. The zero-order chi connectivity index (χ0) is 27.8. The fraction of sp³-hybridized carbons (Fsp3) is 0.400. The highest BCUT2D eigenvalue weighted by atomic mass is 35.5. The number of rotatable bonds is 8. The summed E-state index contributed by atoms with van der Waals surface area (Å²) in [6.07, 6.45) is 3.13. The van der Waals surface area contributed by atoms with Gasteiger partial charge in [-0.3, -0.25) is 14.4 Å². The SMILES string of the molecule is CCN1N=C2CCN(C(=O)C(Cc3c[nH]c4ccccc34)NC(=O)C(C)(C)N)CC2(Cc2ccccc2)C1=O.Cl. The third kappa shape index (κ3) is 5.48. The summed E-state index contributed by atoms with van der Waals surface area (Å²) in [6.45, 7) is 6.24. The van der Waals surface area contributed by atoms with Gasteiger partial charge in [0.15, 0.2) is 0 Å². The number of nitrogens with one attached hydrogen (secondary N) is 2. The number of fused-ring (bicyclic) bond motifs is 2. The summed E-state index contributed by atoms with van der Waals surface area (Å²) in [5.41, 5.74) is 7.73. The number of likely N-dealkylation sites (tertiary alicyclic amines) is 1. The minimum Gasteiger partial charge on any atom is -0.361 e. The van der Waals surface area contributed by atoms with Gasteiger partial charge in [-0.25, -0.2) is 5.01 Å². The van der Waals surface area contributed by atoms with Crippen LogP contribution in [0.4, 0.5) is 0 Å². The van der Waals surface area contributed by atoms with Crippen molar-refractivity contribution >= 4 is 46.7 Å². The summed E-state index contributed by atoms with van der Waals surface area (Å²) >= 11 is 0. The molecule has 9 nitrogen and oxygen atoms in total. The van der Waals surface area contributed by atoms with Gasteiger partial charge < -0.3 is 20.9 Å². The first kappa shape index (κ1) is 29.3. The van der Waals surface area contributed by atoms with Crippen molar-refractivity contribution in [2.24, 2.45) is 16.3 Å².